The van der Waals surface area contributed by atoms with Crippen LogP contribution in [0.1, 0.15) is 5.56 Å². The summed E-state index contributed by atoms with van der Waals surface area (Å²) in [6.07, 6.45) is 0.0160. The Morgan fingerprint density at radius 3 is 2.73 bits per heavy atom. The topological polar surface area (TPSA) is 44.8 Å². The van der Waals surface area contributed by atoms with Crippen molar-refractivity contribution < 1.29 is 9.53 Å². The summed E-state index contributed by atoms with van der Waals surface area (Å²) in [4.78, 5) is 17.4. The number of nitrogens with zero attached hydrogens (tertiary/aromatic N) is 2. The molecule has 5 nitrogen and oxygen atoms in total. The van der Waals surface area contributed by atoms with Crippen LogP contribution in [0.3, 0.4) is 0 Å². The standard InChI is InChI=1S/C20H22ClN3O2/c1-23-8-10-24(11-9-23)17-5-3-2-4-16(17)22-20(25)19-13-14-12-15(21)6-7-18(14)26-19/h2-7,12,19H,8-11,13H2,1H3,(H,22,25)/t19-/m0/s1. The zero-order valence-electron chi connectivity index (χ0n) is 14.7. The molecule has 1 atom stereocenters. The molecule has 0 spiro atoms. The van der Waals surface area contributed by atoms with Gasteiger partial charge in [0.25, 0.3) is 5.91 Å². The summed E-state index contributed by atoms with van der Waals surface area (Å²) in [5.41, 5.74) is 2.87. The van der Waals surface area contributed by atoms with Crippen molar-refractivity contribution in [1.29, 1.82) is 0 Å². The van der Waals surface area contributed by atoms with Crippen molar-refractivity contribution in [2.75, 3.05) is 43.4 Å². The highest BCUT2D eigenvalue weighted by molar-refractivity contribution is 6.30. The van der Waals surface area contributed by atoms with E-state index in [0.717, 1.165) is 48.9 Å². The highest BCUT2D eigenvalue weighted by Gasteiger charge is 2.30. The molecule has 2 aliphatic rings. The highest BCUT2D eigenvalue weighted by atomic mass is 35.5. The van der Waals surface area contributed by atoms with Gasteiger partial charge in [0.05, 0.1) is 11.4 Å². The minimum atomic E-state index is -0.524. The van der Waals surface area contributed by atoms with Crippen molar-refractivity contribution in [3.8, 4) is 5.75 Å². The SMILES string of the molecule is CN1CCN(c2ccccc2NC(=O)[C@@H]2Cc3cc(Cl)ccc3O2)CC1. The number of anilines is 2. The Bertz CT molecular complexity index is 818. The zero-order chi connectivity index (χ0) is 18.1. The van der Waals surface area contributed by atoms with Crippen molar-refractivity contribution in [2.45, 2.75) is 12.5 Å². The van der Waals surface area contributed by atoms with Gasteiger partial charge in [0.2, 0.25) is 0 Å². The van der Waals surface area contributed by atoms with Crippen molar-refractivity contribution in [3.63, 3.8) is 0 Å². The van der Waals surface area contributed by atoms with Gasteiger partial charge in [-0.25, -0.2) is 0 Å². The van der Waals surface area contributed by atoms with Crippen molar-refractivity contribution in [3.05, 3.63) is 53.1 Å². The molecule has 2 aromatic carbocycles. The monoisotopic (exact) mass is 371 g/mol. The number of para-hydroxylation sites is 2. The lowest BCUT2D eigenvalue weighted by Crippen LogP contribution is -2.44. The second kappa shape index (κ2) is 7.17. The van der Waals surface area contributed by atoms with E-state index in [-0.39, 0.29) is 5.91 Å². The van der Waals surface area contributed by atoms with Gasteiger partial charge in [-0.15, -0.1) is 0 Å². The lowest BCUT2D eigenvalue weighted by molar-refractivity contribution is -0.122. The molecule has 2 aromatic rings. The van der Waals surface area contributed by atoms with Gasteiger partial charge in [-0.1, -0.05) is 23.7 Å². The first kappa shape index (κ1) is 17.2. The van der Waals surface area contributed by atoms with Gasteiger partial charge < -0.3 is 19.9 Å². The second-order valence-corrected chi connectivity index (χ2v) is 7.30. The number of carbonyl (C=O) groups excluding carboxylic acids is 1. The maximum Gasteiger partial charge on any atom is 0.265 e. The van der Waals surface area contributed by atoms with Crippen LogP contribution in [0.25, 0.3) is 0 Å². The number of carbonyl (C=O) groups is 1. The number of benzene rings is 2. The summed E-state index contributed by atoms with van der Waals surface area (Å²) >= 11 is 6.03. The summed E-state index contributed by atoms with van der Waals surface area (Å²) in [5.74, 6) is 0.612. The van der Waals surface area contributed by atoms with Crippen LogP contribution >= 0.6 is 11.6 Å². The number of amides is 1. The largest absolute Gasteiger partial charge is 0.480 e. The fourth-order valence-electron chi connectivity index (χ4n) is 3.48. The van der Waals surface area contributed by atoms with Crippen LogP contribution in [-0.4, -0.2) is 50.1 Å². The number of halogens is 1. The quantitative estimate of drug-likeness (QED) is 0.900. The van der Waals surface area contributed by atoms with Crippen molar-refractivity contribution in [1.82, 2.24) is 4.90 Å². The normalized spacial score (nSPS) is 19.8. The van der Waals surface area contributed by atoms with E-state index in [2.05, 4.69) is 28.2 Å². The third-order valence-electron chi connectivity index (χ3n) is 5.00. The van der Waals surface area contributed by atoms with E-state index in [1.165, 1.54) is 0 Å². The predicted molar refractivity (Wildman–Crippen MR) is 104 cm³/mol. The molecule has 1 fully saturated rings. The molecule has 0 bridgehead atoms. The average molecular weight is 372 g/mol. The lowest BCUT2D eigenvalue weighted by atomic mass is 10.1. The van der Waals surface area contributed by atoms with Crippen molar-refractivity contribution in [2.24, 2.45) is 0 Å². The summed E-state index contributed by atoms with van der Waals surface area (Å²) in [5, 5.41) is 3.72. The first-order chi connectivity index (χ1) is 12.6. The Morgan fingerprint density at radius 2 is 1.92 bits per heavy atom. The van der Waals surface area contributed by atoms with E-state index < -0.39 is 6.10 Å². The molecule has 4 rings (SSSR count). The number of rotatable bonds is 3. The fourth-order valence-corrected chi connectivity index (χ4v) is 3.67. The molecule has 2 aliphatic heterocycles. The molecule has 1 N–H and O–H groups in total. The molecule has 0 saturated carbocycles. The van der Waals surface area contributed by atoms with E-state index in [0.29, 0.717) is 11.4 Å². The highest BCUT2D eigenvalue weighted by Crippen LogP contribution is 2.32. The number of fused-ring (bicyclic) bond motifs is 1. The molecule has 2 heterocycles. The van der Waals surface area contributed by atoms with Crippen LogP contribution in [0.15, 0.2) is 42.5 Å². The Hall–Kier alpha value is -2.24. The van der Waals surface area contributed by atoms with Gasteiger partial charge in [0, 0.05) is 37.6 Å². The molecule has 26 heavy (non-hydrogen) atoms. The van der Waals surface area contributed by atoms with E-state index >= 15 is 0 Å². The number of hydrogen-bond donors (Lipinski definition) is 1. The van der Waals surface area contributed by atoms with Crippen LogP contribution < -0.4 is 15.0 Å². The molecule has 6 heteroatoms. The zero-order valence-corrected chi connectivity index (χ0v) is 15.5. The van der Waals surface area contributed by atoms with E-state index in [4.69, 9.17) is 16.3 Å². The Balaban J connectivity index is 1.47. The molecular weight excluding hydrogens is 350 g/mol. The number of piperazine rings is 1. The second-order valence-electron chi connectivity index (χ2n) is 6.86. The maximum absolute atomic E-state index is 12.8. The van der Waals surface area contributed by atoms with Gasteiger partial charge in [-0.2, -0.15) is 0 Å². The van der Waals surface area contributed by atoms with Crippen LogP contribution in [0.4, 0.5) is 11.4 Å². The molecule has 0 unspecified atom stereocenters. The van der Waals surface area contributed by atoms with Crippen molar-refractivity contribution >= 4 is 28.9 Å². The van der Waals surface area contributed by atoms with Crippen LogP contribution in [0, 0.1) is 0 Å². The van der Waals surface area contributed by atoms with Crippen LogP contribution in [0.2, 0.25) is 5.02 Å². The summed E-state index contributed by atoms with van der Waals surface area (Å²) < 4.78 is 5.80. The van der Waals surface area contributed by atoms with Crippen LogP contribution in [0.5, 0.6) is 5.75 Å². The van der Waals surface area contributed by atoms with Gasteiger partial charge in [0.15, 0.2) is 6.10 Å². The molecule has 1 saturated heterocycles. The summed E-state index contributed by atoms with van der Waals surface area (Å²) in [7, 11) is 2.13. The lowest BCUT2D eigenvalue weighted by Gasteiger charge is -2.35. The van der Waals surface area contributed by atoms with E-state index in [1.54, 1.807) is 6.07 Å². The first-order valence-corrected chi connectivity index (χ1v) is 9.26. The fraction of sp³-hybridized carbons (Fsp3) is 0.350. The molecule has 136 valence electrons. The maximum atomic E-state index is 12.8. The van der Waals surface area contributed by atoms with Gasteiger partial charge in [0.1, 0.15) is 5.75 Å². The Kier molecular flexibility index (Phi) is 4.74. The third-order valence-corrected chi connectivity index (χ3v) is 5.23. The minimum absolute atomic E-state index is 0.126. The molecular formula is C20H22ClN3O2. The predicted octanol–water partition coefficient (Wildman–Crippen LogP) is 3.03. The smallest absolute Gasteiger partial charge is 0.265 e. The molecule has 1 amide bonds. The summed E-state index contributed by atoms with van der Waals surface area (Å²) in [6, 6.07) is 13.4. The Morgan fingerprint density at radius 1 is 1.15 bits per heavy atom. The summed E-state index contributed by atoms with van der Waals surface area (Å²) in [6.45, 7) is 3.94. The van der Waals surface area contributed by atoms with Gasteiger partial charge in [-0.05, 0) is 42.9 Å². The third kappa shape index (κ3) is 3.50. The average Bonchev–Trinajstić information content (AvgIpc) is 3.06. The molecule has 0 aliphatic carbocycles. The van der Waals surface area contributed by atoms with Gasteiger partial charge in [-0.3, -0.25) is 4.79 Å². The number of nitrogens with one attached hydrogen (secondary N) is 1. The van der Waals surface area contributed by atoms with Crippen LogP contribution in [-0.2, 0) is 11.2 Å². The number of ether oxygens (including phenoxy) is 1. The number of likely N-dealkylation sites (N-methyl/N-ethyl adjacent to an activating group) is 1. The number of hydrogen-bond acceptors (Lipinski definition) is 4. The van der Waals surface area contributed by atoms with E-state index in [9.17, 15) is 4.79 Å². The Labute approximate surface area is 158 Å². The molecule has 0 aromatic heterocycles. The van der Waals surface area contributed by atoms with E-state index in [1.807, 2.05) is 30.3 Å². The van der Waals surface area contributed by atoms with Gasteiger partial charge >= 0.3 is 0 Å². The minimum Gasteiger partial charge on any atom is -0.480 e. The molecule has 0 radical (unpaired) electrons. The first-order valence-electron chi connectivity index (χ1n) is 8.88.